The summed E-state index contributed by atoms with van der Waals surface area (Å²) in [6.07, 6.45) is 0.882. The highest BCUT2D eigenvalue weighted by Crippen LogP contribution is 2.23. The zero-order chi connectivity index (χ0) is 13.1. The molecule has 5 heteroatoms. The van der Waals surface area contributed by atoms with E-state index in [1.165, 1.54) is 0 Å². The fourth-order valence-corrected chi connectivity index (χ4v) is 4.20. The van der Waals surface area contributed by atoms with Crippen LogP contribution in [0, 0.1) is 5.92 Å². The molecule has 1 aromatic rings. The molecule has 0 fully saturated rings. The molecule has 0 saturated carbocycles. The number of sulfone groups is 1. The van der Waals surface area contributed by atoms with Gasteiger partial charge in [-0.3, -0.25) is 0 Å². The number of rotatable bonds is 5. The van der Waals surface area contributed by atoms with E-state index in [9.17, 15) is 8.42 Å². The highest BCUT2D eigenvalue weighted by atomic mass is 79.9. The van der Waals surface area contributed by atoms with Crippen LogP contribution >= 0.6 is 15.9 Å². The first kappa shape index (κ1) is 14.7. The lowest BCUT2D eigenvalue weighted by molar-refractivity contribution is 0.466. The van der Waals surface area contributed by atoms with Gasteiger partial charge in [-0.2, -0.15) is 0 Å². The van der Waals surface area contributed by atoms with Gasteiger partial charge in [0.1, 0.15) is 0 Å². The van der Waals surface area contributed by atoms with Crippen LogP contribution in [0.3, 0.4) is 0 Å². The van der Waals surface area contributed by atoms with Crippen LogP contribution in [0.2, 0.25) is 0 Å². The third kappa shape index (κ3) is 3.79. The number of hydrogen-bond acceptors (Lipinski definition) is 3. The van der Waals surface area contributed by atoms with Crippen LogP contribution in [0.1, 0.15) is 20.3 Å². The van der Waals surface area contributed by atoms with E-state index in [4.69, 9.17) is 5.73 Å². The quantitative estimate of drug-likeness (QED) is 0.907. The smallest absolute Gasteiger partial charge is 0.181 e. The third-order valence-electron chi connectivity index (χ3n) is 2.96. The van der Waals surface area contributed by atoms with Crippen LogP contribution in [-0.4, -0.2) is 20.2 Å². The maximum absolute atomic E-state index is 12.2. The molecule has 2 unspecified atom stereocenters. The lowest BCUT2D eigenvalue weighted by Crippen LogP contribution is -2.35. The summed E-state index contributed by atoms with van der Waals surface area (Å²) >= 11 is 3.26. The van der Waals surface area contributed by atoms with Crippen LogP contribution < -0.4 is 5.73 Å². The molecule has 17 heavy (non-hydrogen) atoms. The van der Waals surface area contributed by atoms with Gasteiger partial charge in [-0.05, 0) is 34.0 Å². The minimum Gasteiger partial charge on any atom is -0.327 e. The Labute approximate surface area is 111 Å². The molecule has 0 aliphatic heterocycles. The van der Waals surface area contributed by atoms with Gasteiger partial charge in [0.15, 0.2) is 9.84 Å². The number of hydrogen-bond donors (Lipinski definition) is 1. The van der Waals surface area contributed by atoms with E-state index in [-0.39, 0.29) is 17.7 Å². The Kier molecular flexibility index (Phi) is 5.16. The summed E-state index contributed by atoms with van der Waals surface area (Å²) in [5.41, 5.74) is 5.91. The molecule has 0 amide bonds. The topological polar surface area (TPSA) is 60.2 Å². The van der Waals surface area contributed by atoms with Gasteiger partial charge < -0.3 is 5.73 Å². The van der Waals surface area contributed by atoms with Gasteiger partial charge in [0.2, 0.25) is 0 Å². The number of benzene rings is 1. The highest BCUT2D eigenvalue weighted by Gasteiger charge is 2.23. The molecule has 1 rings (SSSR count). The van der Waals surface area contributed by atoms with E-state index in [1.807, 2.05) is 13.8 Å². The molecule has 0 saturated heterocycles. The standard InChI is InChI=1S/C12H18BrNO2S/c1-3-9(2)11(14)8-17(15,16)12-7-5-4-6-10(12)13/h4-7,9,11H,3,8,14H2,1-2H3. The van der Waals surface area contributed by atoms with Gasteiger partial charge in [-0.15, -0.1) is 0 Å². The number of nitrogens with two attached hydrogens (primary N) is 1. The van der Waals surface area contributed by atoms with Crippen molar-refractivity contribution in [3.8, 4) is 0 Å². The highest BCUT2D eigenvalue weighted by molar-refractivity contribution is 9.10. The van der Waals surface area contributed by atoms with Crippen molar-refractivity contribution >= 4 is 25.8 Å². The fourth-order valence-electron chi connectivity index (χ4n) is 1.51. The van der Waals surface area contributed by atoms with Crippen molar-refractivity contribution < 1.29 is 8.42 Å². The summed E-state index contributed by atoms with van der Waals surface area (Å²) in [6, 6.07) is 6.51. The molecule has 0 radical (unpaired) electrons. The summed E-state index contributed by atoms with van der Waals surface area (Å²) < 4.78 is 24.9. The van der Waals surface area contributed by atoms with Gasteiger partial charge in [0, 0.05) is 10.5 Å². The summed E-state index contributed by atoms with van der Waals surface area (Å²) in [5.74, 6) is 0.192. The summed E-state index contributed by atoms with van der Waals surface area (Å²) in [7, 11) is -3.32. The molecule has 3 nitrogen and oxygen atoms in total. The van der Waals surface area contributed by atoms with Crippen LogP contribution in [0.25, 0.3) is 0 Å². The molecule has 2 N–H and O–H groups in total. The normalized spacial score (nSPS) is 15.5. The molecule has 0 aliphatic rings. The molecule has 0 aromatic heterocycles. The van der Waals surface area contributed by atoms with E-state index >= 15 is 0 Å². The maximum Gasteiger partial charge on any atom is 0.181 e. The average Bonchev–Trinajstić information content (AvgIpc) is 2.27. The van der Waals surface area contributed by atoms with E-state index in [1.54, 1.807) is 24.3 Å². The van der Waals surface area contributed by atoms with Crippen molar-refractivity contribution in [2.24, 2.45) is 11.7 Å². The van der Waals surface area contributed by atoms with E-state index < -0.39 is 9.84 Å². The Morgan fingerprint density at radius 1 is 1.35 bits per heavy atom. The van der Waals surface area contributed by atoms with Crippen molar-refractivity contribution in [2.45, 2.75) is 31.2 Å². The first-order valence-electron chi connectivity index (χ1n) is 5.61. The lowest BCUT2D eigenvalue weighted by atomic mass is 10.0. The van der Waals surface area contributed by atoms with Gasteiger partial charge in [-0.25, -0.2) is 8.42 Å². The summed E-state index contributed by atoms with van der Waals surface area (Å²) in [4.78, 5) is 0.318. The second-order valence-corrected chi connectivity index (χ2v) is 7.12. The van der Waals surface area contributed by atoms with Gasteiger partial charge in [-0.1, -0.05) is 32.4 Å². The van der Waals surface area contributed by atoms with E-state index in [2.05, 4.69) is 15.9 Å². The summed E-state index contributed by atoms with van der Waals surface area (Å²) in [5, 5.41) is 0. The van der Waals surface area contributed by atoms with Crippen LogP contribution in [0.5, 0.6) is 0 Å². The third-order valence-corrected chi connectivity index (χ3v) is 5.76. The largest absolute Gasteiger partial charge is 0.327 e. The molecule has 0 spiro atoms. The van der Waals surface area contributed by atoms with Crippen molar-refractivity contribution in [2.75, 3.05) is 5.75 Å². The van der Waals surface area contributed by atoms with Gasteiger partial charge in [0.05, 0.1) is 10.6 Å². The lowest BCUT2D eigenvalue weighted by Gasteiger charge is -2.18. The molecule has 1 aromatic carbocycles. The first-order valence-corrected chi connectivity index (χ1v) is 8.06. The predicted molar refractivity (Wildman–Crippen MR) is 73.6 cm³/mol. The molecular weight excluding hydrogens is 302 g/mol. The molecule has 0 heterocycles. The second kappa shape index (κ2) is 5.98. The molecular formula is C12H18BrNO2S. The SMILES string of the molecule is CCC(C)C(N)CS(=O)(=O)c1ccccc1Br. The molecule has 2 atom stereocenters. The zero-order valence-electron chi connectivity index (χ0n) is 10.1. The first-order chi connectivity index (χ1) is 7.88. The van der Waals surface area contributed by atoms with Crippen LogP contribution in [-0.2, 0) is 9.84 Å². The Hall–Kier alpha value is -0.390. The Bertz CT molecular complexity index is 473. The predicted octanol–water partition coefficient (Wildman–Crippen LogP) is 2.60. The Morgan fingerprint density at radius 2 is 1.94 bits per heavy atom. The van der Waals surface area contributed by atoms with Crippen molar-refractivity contribution in [3.05, 3.63) is 28.7 Å². The van der Waals surface area contributed by atoms with Crippen LogP contribution in [0.4, 0.5) is 0 Å². The van der Waals surface area contributed by atoms with Crippen LogP contribution in [0.15, 0.2) is 33.6 Å². The van der Waals surface area contributed by atoms with Crippen molar-refractivity contribution in [3.63, 3.8) is 0 Å². The van der Waals surface area contributed by atoms with Crippen molar-refractivity contribution in [1.82, 2.24) is 0 Å². The minimum atomic E-state index is -3.32. The molecule has 0 bridgehead atoms. The average molecular weight is 320 g/mol. The molecule has 0 aliphatic carbocycles. The fraction of sp³-hybridized carbons (Fsp3) is 0.500. The van der Waals surface area contributed by atoms with Gasteiger partial charge >= 0.3 is 0 Å². The zero-order valence-corrected chi connectivity index (χ0v) is 12.5. The van der Waals surface area contributed by atoms with Gasteiger partial charge in [0.25, 0.3) is 0 Å². The monoisotopic (exact) mass is 319 g/mol. The summed E-state index contributed by atoms with van der Waals surface area (Å²) in [6.45, 7) is 3.98. The second-order valence-electron chi connectivity index (χ2n) is 4.26. The Balaban J connectivity index is 2.94. The molecule has 96 valence electrons. The van der Waals surface area contributed by atoms with Crippen molar-refractivity contribution in [1.29, 1.82) is 0 Å². The van der Waals surface area contributed by atoms with E-state index in [0.717, 1.165) is 6.42 Å². The van der Waals surface area contributed by atoms with E-state index in [0.29, 0.717) is 9.37 Å². The Morgan fingerprint density at radius 3 is 2.47 bits per heavy atom. The maximum atomic E-state index is 12.2. The minimum absolute atomic E-state index is 0.00931. The number of halogens is 1.